The zero-order valence-corrected chi connectivity index (χ0v) is 18.3. The first-order valence-electron chi connectivity index (χ1n) is 10.9. The van der Waals surface area contributed by atoms with Gasteiger partial charge in [-0.2, -0.15) is 0 Å². The number of hydrogen-bond donors (Lipinski definition) is 1. The summed E-state index contributed by atoms with van der Waals surface area (Å²) in [5.41, 5.74) is 2.29. The van der Waals surface area contributed by atoms with Crippen molar-refractivity contribution in [2.24, 2.45) is 0 Å². The molecule has 0 bridgehead atoms. The second kappa shape index (κ2) is 10.9. The molecule has 0 saturated carbocycles. The van der Waals surface area contributed by atoms with Crippen molar-refractivity contribution in [3.05, 3.63) is 41.3 Å². The van der Waals surface area contributed by atoms with E-state index in [0.717, 1.165) is 88.0 Å². The molecule has 2 aliphatic heterocycles. The Morgan fingerprint density at radius 3 is 2.40 bits per heavy atom. The van der Waals surface area contributed by atoms with Crippen molar-refractivity contribution in [2.75, 3.05) is 70.6 Å². The largest absolute Gasteiger partial charge is 0.379 e. The molecule has 4 rings (SSSR count). The van der Waals surface area contributed by atoms with E-state index >= 15 is 0 Å². The standard InChI is InChI=1S/C23H31N3O3S/c27-22(24-8-4-5-9-25-10-14-28-15-11-25)21-18-20(19-6-2-1-3-7-19)23(30-21)26-12-16-29-17-13-26/h1-3,6-7,18H,4-5,8-17H2,(H,24,27). The van der Waals surface area contributed by atoms with Gasteiger partial charge in [-0.1, -0.05) is 30.3 Å². The maximum atomic E-state index is 12.8. The van der Waals surface area contributed by atoms with Crippen LogP contribution in [0.1, 0.15) is 22.5 Å². The molecule has 30 heavy (non-hydrogen) atoms. The second-order valence-electron chi connectivity index (χ2n) is 7.71. The van der Waals surface area contributed by atoms with Crippen LogP contribution in [0.25, 0.3) is 11.1 Å². The number of anilines is 1. The number of rotatable bonds is 8. The van der Waals surface area contributed by atoms with E-state index in [-0.39, 0.29) is 5.91 Å². The highest BCUT2D eigenvalue weighted by atomic mass is 32.1. The fraction of sp³-hybridized carbons (Fsp3) is 0.522. The van der Waals surface area contributed by atoms with E-state index in [0.29, 0.717) is 6.54 Å². The van der Waals surface area contributed by atoms with Crippen LogP contribution in [0.4, 0.5) is 5.00 Å². The van der Waals surface area contributed by atoms with Crippen molar-refractivity contribution in [1.29, 1.82) is 0 Å². The number of nitrogens with one attached hydrogen (secondary N) is 1. The molecule has 2 fully saturated rings. The first-order chi connectivity index (χ1) is 14.8. The molecule has 0 spiro atoms. The lowest BCUT2D eigenvalue weighted by molar-refractivity contribution is 0.0372. The van der Waals surface area contributed by atoms with E-state index in [1.54, 1.807) is 11.3 Å². The summed E-state index contributed by atoms with van der Waals surface area (Å²) in [6.45, 7) is 8.71. The third kappa shape index (κ3) is 5.60. The monoisotopic (exact) mass is 429 g/mol. The van der Waals surface area contributed by atoms with Crippen LogP contribution < -0.4 is 10.2 Å². The molecule has 2 saturated heterocycles. The maximum Gasteiger partial charge on any atom is 0.261 e. The van der Waals surface area contributed by atoms with E-state index in [2.05, 4.69) is 27.2 Å². The molecule has 2 aliphatic rings. The van der Waals surface area contributed by atoms with Gasteiger partial charge < -0.3 is 19.7 Å². The Kier molecular flexibility index (Phi) is 7.75. The number of amides is 1. The van der Waals surface area contributed by atoms with Gasteiger partial charge in [0.2, 0.25) is 0 Å². The molecule has 6 nitrogen and oxygen atoms in total. The van der Waals surface area contributed by atoms with Crippen molar-refractivity contribution in [3.8, 4) is 11.1 Å². The zero-order valence-electron chi connectivity index (χ0n) is 17.5. The predicted molar refractivity (Wildman–Crippen MR) is 122 cm³/mol. The highest BCUT2D eigenvalue weighted by molar-refractivity contribution is 7.18. The summed E-state index contributed by atoms with van der Waals surface area (Å²) in [7, 11) is 0. The van der Waals surface area contributed by atoms with Crippen molar-refractivity contribution in [2.45, 2.75) is 12.8 Å². The molecule has 3 heterocycles. The van der Waals surface area contributed by atoms with Crippen molar-refractivity contribution in [1.82, 2.24) is 10.2 Å². The minimum atomic E-state index is 0.0306. The van der Waals surface area contributed by atoms with E-state index in [1.165, 1.54) is 5.00 Å². The minimum absolute atomic E-state index is 0.0306. The molecule has 1 aromatic heterocycles. The number of carbonyl (C=O) groups is 1. The van der Waals surface area contributed by atoms with Crippen LogP contribution in [0.2, 0.25) is 0 Å². The molecule has 7 heteroatoms. The normalized spacial score (nSPS) is 17.8. The molecule has 0 aliphatic carbocycles. The summed E-state index contributed by atoms with van der Waals surface area (Å²) in [6.07, 6.45) is 2.09. The molecule has 162 valence electrons. The number of unbranched alkanes of at least 4 members (excludes halogenated alkanes) is 1. The summed E-state index contributed by atoms with van der Waals surface area (Å²) < 4.78 is 10.9. The number of benzene rings is 1. The Bertz CT molecular complexity index is 799. The van der Waals surface area contributed by atoms with Crippen LogP contribution in [0.5, 0.6) is 0 Å². The van der Waals surface area contributed by atoms with Gasteiger partial charge in [0, 0.05) is 38.3 Å². The Morgan fingerprint density at radius 2 is 1.67 bits per heavy atom. The molecular formula is C23H31N3O3S. The van der Waals surface area contributed by atoms with Gasteiger partial charge in [0.05, 0.1) is 36.3 Å². The van der Waals surface area contributed by atoms with Gasteiger partial charge in [0.15, 0.2) is 0 Å². The van der Waals surface area contributed by atoms with Crippen LogP contribution in [0.15, 0.2) is 36.4 Å². The number of hydrogen-bond acceptors (Lipinski definition) is 6. The van der Waals surface area contributed by atoms with Gasteiger partial charge >= 0.3 is 0 Å². The van der Waals surface area contributed by atoms with E-state index in [9.17, 15) is 4.79 Å². The molecular weight excluding hydrogens is 398 g/mol. The molecule has 0 atom stereocenters. The van der Waals surface area contributed by atoms with Crippen LogP contribution in [-0.2, 0) is 9.47 Å². The maximum absolute atomic E-state index is 12.8. The highest BCUT2D eigenvalue weighted by Gasteiger charge is 2.21. The lowest BCUT2D eigenvalue weighted by Gasteiger charge is -2.28. The van der Waals surface area contributed by atoms with Crippen LogP contribution in [-0.4, -0.2) is 76.5 Å². The SMILES string of the molecule is O=C(NCCCCN1CCOCC1)c1cc(-c2ccccc2)c(N2CCOCC2)s1. The number of carbonyl (C=O) groups excluding carboxylic acids is 1. The van der Waals surface area contributed by atoms with Crippen LogP contribution >= 0.6 is 11.3 Å². The van der Waals surface area contributed by atoms with Crippen molar-refractivity contribution >= 4 is 22.2 Å². The average molecular weight is 430 g/mol. The molecule has 1 N–H and O–H groups in total. The average Bonchev–Trinajstić information content (AvgIpc) is 3.26. The fourth-order valence-corrected chi connectivity index (χ4v) is 5.04. The van der Waals surface area contributed by atoms with Gasteiger partial charge in [-0.25, -0.2) is 0 Å². The van der Waals surface area contributed by atoms with Crippen LogP contribution in [0, 0.1) is 0 Å². The van der Waals surface area contributed by atoms with Gasteiger partial charge in [0.1, 0.15) is 0 Å². The summed E-state index contributed by atoms with van der Waals surface area (Å²) in [6, 6.07) is 12.4. The zero-order chi connectivity index (χ0) is 20.6. The molecule has 0 unspecified atom stereocenters. The summed E-state index contributed by atoms with van der Waals surface area (Å²) in [5, 5.41) is 4.29. The topological polar surface area (TPSA) is 54.0 Å². The third-order valence-electron chi connectivity index (χ3n) is 5.61. The van der Waals surface area contributed by atoms with Crippen molar-refractivity contribution in [3.63, 3.8) is 0 Å². The predicted octanol–water partition coefficient (Wildman–Crippen LogP) is 3.09. The van der Waals surface area contributed by atoms with E-state index in [1.807, 2.05) is 24.3 Å². The Hall–Kier alpha value is -1.93. The Balaban J connectivity index is 1.35. The van der Waals surface area contributed by atoms with E-state index in [4.69, 9.17) is 9.47 Å². The fourth-order valence-electron chi connectivity index (χ4n) is 3.89. The number of thiophene rings is 1. The molecule has 1 amide bonds. The first-order valence-corrected chi connectivity index (χ1v) is 11.7. The van der Waals surface area contributed by atoms with Gasteiger partial charge in [0.25, 0.3) is 5.91 Å². The highest BCUT2D eigenvalue weighted by Crippen LogP contribution is 2.39. The number of ether oxygens (including phenoxy) is 2. The number of nitrogens with zero attached hydrogens (tertiary/aromatic N) is 2. The van der Waals surface area contributed by atoms with Gasteiger partial charge in [-0.05, 0) is 31.0 Å². The number of morpholine rings is 2. The van der Waals surface area contributed by atoms with Gasteiger partial charge in [-0.15, -0.1) is 11.3 Å². The quantitative estimate of drug-likeness (QED) is 0.654. The molecule has 1 aromatic carbocycles. The van der Waals surface area contributed by atoms with Crippen LogP contribution in [0.3, 0.4) is 0 Å². The second-order valence-corrected chi connectivity index (χ2v) is 8.74. The summed E-state index contributed by atoms with van der Waals surface area (Å²) in [5.74, 6) is 0.0306. The first kappa shape index (κ1) is 21.3. The van der Waals surface area contributed by atoms with E-state index < -0.39 is 0 Å². The lowest BCUT2D eigenvalue weighted by atomic mass is 10.1. The third-order valence-corrected chi connectivity index (χ3v) is 6.80. The van der Waals surface area contributed by atoms with Gasteiger partial charge in [-0.3, -0.25) is 9.69 Å². The minimum Gasteiger partial charge on any atom is -0.379 e. The molecule has 0 radical (unpaired) electrons. The summed E-state index contributed by atoms with van der Waals surface area (Å²) in [4.78, 5) is 18.4. The Morgan fingerprint density at radius 1 is 0.967 bits per heavy atom. The lowest BCUT2D eigenvalue weighted by Crippen LogP contribution is -2.37. The molecule has 2 aromatic rings. The smallest absolute Gasteiger partial charge is 0.261 e. The Labute approximate surface area is 182 Å². The van der Waals surface area contributed by atoms with Crippen molar-refractivity contribution < 1.29 is 14.3 Å². The summed E-state index contributed by atoms with van der Waals surface area (Å²) >= 11 is 1.59.